The van der Waals surface area contributed by atoms with Crippen LogP contribution in [0.4, 0.5) is 0 Å². The van der Waals surface area contributed by atoms with Gasteiger partial charge in [-0.05, 0) is 31.3 Å². The molecular weight excluding hydrogens is 180 g/mol. The highest BCUT2D eigenvalue weighted by atomic mass is 28.4. The molecule has 0 aromatic carbocycles. The quantitative estimate of drug-likeness (QED) is 0.394. The van der Waals surface area contributed by atoms with Crippen molar-refractivity contribution in [2.45, 2.75) is 19.6 Å². The van der Waals surface area contributed by atoms with Crippen LogP contribution in [0.25, 0.3) is 0 Å². The maximum absolute atomic E-state index is 5.60. The molecule has 1 saturated heterocycles. The van der Waals surface area contributed by atoms with Crippen LogP contribution >= 0.6 is 0 Å². The summed E-state index contributed by atoms with van der Waals surface area (Å²) in [5, 5.41) is 0. The van der Waals surface area contributed by atoms with Crippen LogP contribution in [0, 0.1) is 5.92 Å². The fourth-order valence-corrected chi connectivity index (χ4v) is 1.56. The van der Waals surface area contributed by atoms with Crippen molar-refractivity contribution < 1.29 is 9.16 Å². The number of ether oxygens (including phenoxy) is 1. The Morgan fingerprint density at radius 2 is 2.23 bits per heavy atom. The second-order valence-electron chi connectivity index (χ2n) is 4.34. The van der Waals surface area contributed by atoms with Gasteiger partial charge < -0.3 is 9.16 Å². The molecule has 0 saturated carbocycles. The highest BCUT2D eigenvalue weighted by molar-refractivity contribution is 6.69. The number of hydrogen-bond acceptors (Lipinski definition) is 2. The molecular formula is C10H18O2Si. The Morgan fingerprint density at radius 1 is 1.54 bits per heavy atom. The molecule has 0 amide bonds. The predicted molar refractivity (Wildman–Crippen MR) is 57.0 cm³/mol. The van der Waals surface area contributed by atoms with E-state index >= 15 is 0 Å². The third kappa shape index (κ3) is 3.78. The summed E-state index contributed by atoms with van der Waals surface area (Å²) in [5.74, 6) is 0.358. The molecule has 1 aliphatic heterocycles. The van der Waals surface area contributed by atoms with Crippen molar-refractivity contribution in [2.75, 3.05) is 13.2 Å². The number of rotatable bonds is 3. The molecule has 1 unspecified atom stereocenters. The topological polar surface area (TPSA) is 18.5 Å². The van der Waals surface area contributed by atoms with Gasteiger partial charge in [0.2, 0.25) is 8.32 Å². The van der Waals surface area contributed by atoms with E-state index in [1.54, 1.807) is 0 Å². The van der Waals surface area contributed by atoms with Gasteiger partial charge >= 0.3 is 0 Å². The standard InChI is InChI=1S/C10H18O2Si/c1-9-7-11-8-10(9)5-6-12-13(2,3)4/h5-6,10H,1,7-8H2,2-4H3/b6-5+. The summed E-state index contributed by atoms with van der Waals surface area (Å²) in [6.07, 6.45) is 3.87. The lowest BCUT2D eigenvalue weighted by atomic mass is 10.1. The molecule has 1 heterocycles. The lowest BCUT2D eigenvalue weighted by molar-refractivity contribution is 0.195. The molecule has 0 bridgehead atoms. The van der Waals surface area contributed by atoms with Crippen LogP contribution in [0.2, 0.25) is 19.6 Å². The second kappa shape index (κ2) is 4.11. The first-order valence-electron chi connectivity index (χ1n) is 4.59. The van der Waals surface area contributed by atoms with Crippen molar-refractivity contribution >= 4 is 8.32 Å². The fraction of sp³-hybridized carbons (Fsp3) is 0.600. The zero-order chi connectivity index (χ0) is 9.90. The predicted octanol–water partition coefficient (Wildman–Crippen LogP) is 2.55. The van der Waals surface area contributed by atoms with Crippen LogP contribution in [0.15, 0.2) is 24.5 Å². The van der Waals surface area contributed by atoms with Gasteiger partial charge in [-0.3, -0.25) is 0 Å². The summed E-state index contributed by atoms with van der Waals surface area (Å²) >= 11 is 0. The first-order valence-corrected chi connectivity index (χ1v) is 8.00. The maximum Gasteiger partial charge on any atom is 0.241 e. The van der Waals surface area contributed by atoms with Gasteiger partial charge in [-0.2, -0.15) is 0 Å². The third-order valence-corrected chi connectivity index (χ3v) is 2.68. The molecule has 13 heavy (non-hydrogen) atoms. The first kappa shape index (κ1) is 10.5. The lowest BCUT2D eigenvalue weighted by Gasteiger charge is -2.15. The van der Waals surface area contributed by atoms with Crippen molar-refractivity contribution in [3.05, 3.63) is 24.5 Å². The molecule has 1 rings (SSSR count). The number of hydrogen-bond donors (Lipinski definition) is 0. The van der Waals surface area contributed by atoms with E-state index < -0.39 is 8.32 Å². The summed E-state index contributed by atoms with van der Waals surface area (Å²) < 4.78 is 10.9. The highest BCUT2D eigenvalue weighted by Crippen LogP contribution is 2.19. The minimum absolute atomic E-state index is 0.358. The van der Waals surface area contributed by atoms with Gasteiger partial charge in [-0.25, -0.2) is 0 Å². The van der Waals surface area contributed by atoms with E-state index in [9.17, 15) is 0 Å². The van der Waals surface area contributed by atoms with Crippen molar-refractivity contribution in [1.82, 2.24) is 0 Å². The third-order valence-electron chi connectivity index (χ3n) is 1.84. The minimum atomic E-state index is -1.41. The van der Waals surface area contributed by atoms with Gasteiger partial charge in [0.1, 0.15) is 0 Å². The molecule has 1 atom stereocenters. The second-order valence-corrected chi connectivity index (χ2v) is 8.80. The Morgan fingerprint density at radius 3 is 2.69 bits per heavy atom. The van der Waals surface area contributed by atoms with E-state index in [0.29, 0.717) is 12.5 Å². The first-order chi connectivity index (χ1) is 5.99. The van der Waals surface area contributed by atoms with E-state index in [2.05, 4.69) is 26.2 Å². The molecule has 0 aromatic heterocycles. The lowest BCUT2D eigenvalue weighted by Crippen LogP contribution is -2.22. The minimum Gasteiger partial charge on any atom is -0.550 e. The summed E-state index contributed by atoms with van der Waals surface area (Å²) in [7, 11) is -1.41. The SMILES string of the molecule is C=C1COCC1/C=C/O[Si](C)(C)C. The van der Waals surface area contributed by atoms with Crippen LogP contribution in [0.5, 0.6) is 0 Å². The monoisotopic (exact) mass is 198 g/mol. The van der Waals surface area contributed by atoms with Crippen molar-refractivity contribution in [3.8, 4) is 0 Å². The fourth-order valence-electron chi connectivity index (χ4n) is 1.07. The van der Waals surface area contributed by atoms with Crippen molar-refractivity contribution in [1.29, 1.82) is 0 Å². The highest BCUT2D eigenvalue weighted by Gasteiger charge is 2.18. The van der Waals surface area contributed by atoms with Crippen LogP contribution < -0.4 is 0 Å². The summed E-state index contributed by atoms with van der Waals surface area (Å²) in [5.41, 5.74) is 1.15. The Balaban J connectivity index is 2.35. The van der Waals surface area contributed by atoms with Crippen molar-refractivity contribution in [2.24, 2.45) is 5.92 Å². The van der Waals surface area contributed by atoms with E-state index in [0.717, 1.165) is 12.2 Å². The van der Waals surface area contributed by atoms with Crippen LogP contribution in [-0.2, 0) is 9.16 Å². The van der Waals surface area contributed by atoms with Crippen LogP contribution in [0.1, 0.15) is 0 Å². The largest absolute Gasteiger partial charge is 0.550 e. The Bertz CT molecular complexity index is 215. The normalized spacial score (nSPS) is 24.2. The average Bonchev–Trinajstić information content (AvgIpc) is 2.34. The van der Waals surface area contributed by atoms with Crippen LogP contribution in [-0.4, -0.2) is 21.5 Å². The van der Waals surface area contributed by atoms with Gasteiger partial charge in [0, 0.05) is 5.92 Å². The maximum atomic E-state index is 5.60. The molecule has 1 aliphatic rings. The van der Waals surface area contributed by atoms with E-state index in [1.807, 2.05) is 12.3 Å². The molecule has 74 valence electrons. The Hall–Kier alpha value is -0.543. The smallest absolute Gasteiger partial charge is 0.241 e. The van der Waals surface area contributed by atoms with Gasteiger partial charge in [0.05, 0.1) is 19.5 Å². The molecule has 0 aromatic rings. The molecule has 3 heteroatoms. The zero-order valence-electron chi connectivity index (χ0n) is 8.67. The Kier molecular flexibility index (Phi) is 3.33. The molecule has 1 fully saturated rings. The molecule has 2 nitrogen and oxygen atoms in total. The van der Waals surface area contributed by atoms with Gasteiger partial charge in [0.25, 0.3) is 0 Å². The summed E-state index contributed by atoms with van der Waals surface area (Å²) in [6, 6.07) is 0. The summed E-state index contributed by atoms with van der Waals surface area (Å²) in [6.45, 7) is 11.9. The molecule has 0 spiro atoms. The van der Waals surface area contributed by atoms with Crippen LogP contribution in [0.3, 0.4) is 0 Å². The van der Waals surface area contributed by atoms with Gasteiger partial charge in [-0.15, -0.1) is 0 Å². The van der Waals surface area contributed by atoms with E-state index in [1.165, 1.54) is 0 Å². The molecule has 0 N–H and O–H groups in total. The van der Waals surface area contributed by atoms with E-state index in [4.69, 9.17) is 9.16 Å². The van der Waals surface area contributed by atoms with Crippen molar-refractivity contribution in [3.63, 3.8) is 0 Å². The summed E-state index contributed by atoms with van der Waals surface area (Å²) in [4.78, 5) is 0. The van der Waals surface area contributed by atoms with E-state index in [-0.39, 0.29) is 0 Å². The Labute approximate surface area is 81.4 Å². The average molecular weight is 198 g/mol. The van der Waals surface area contributed by atoms with Gasteiger partial charge in [0.15, 0.2) is 0 Å². The zero-order valence-corrected chi connectivity index (χ0v) is 9.67. The molecule has 0 radical (unpaired) electrons. The molecule has 0 aliphatic carbocycles. The van der Waals surface area contributed by atoms with Gasteiger partial charge in [-0.1, -0.05) is 6.58 Å².